The molecule has 1 aliphatic heterocycles. The summed E-state index contributed by atoms with van der Waals surface area (Å²) in [4.78, 5) is 6.68. The molecule has 1 saturated carbocycles. The largest absolute Gasteiger partial charge is 0.374 e. The van der Waals surface area contributed by atoms with E-state index in [9.17, 15) is 0 Å². The highest BCUT2D eigenvalue weighted by Gasteiger charge is 2.29. The van der Waals surface area contributed by atoms with E-state index in [2.05, 4.69) is 15.0 Å². The number of hydrogen-bond acceptors (Lipinski definition) is 6. The standard InChI is InChI=1S/C11H18N4O2/c12-5-9-6-15(3-4-16-9)7-10-13-11(14-17-10)8-1-2-8/h8-9H,1-7,12H2. The summed E-state index contributed by atoms with van der Waals surface area (Å²) in [6.45, 7) is 3.74. The number of nitrogens with two attached hydrogens (primary N) is 1. The highest BCUT2D eigenvalue weighted by Crippen LogP contribution is 2.38. The van der Waals surface area contributed by atoms with Crippen LogP contribution in [0.2, 0.25) is 0 Å². The van der Waals surface area contributed by atoms with Crippen molar-refractivity contribution in [2.24, 2.45) is 5.73 Å². The van der Waals surface area contributed by atoms with E-state index in [0.29, 0.717) is 24.9 Å². The smallest absolute Gasteiger partial charge is 0.240 e. The summed E-state index contributed by atoms with van der Waals surface area (Å²) in [6.07, 6.45) is 2.53. The first-order chi connectivity index (χ1) is 8.35. The molecule has 2 fully saturated rings. The Labute approximate surface area is 100 Å². The third-order valence-electron chi connectivity index (χ3n) is 3.27. The third kappa shape index (κ3) is 2.65. The van der Waals surface area contributed by atoms with Crippen molar-refractivity contribution in [3.05, 3.63) is 11.7 Å². The van der Waals surface area contributed by atoms with Gasteiger partial charge in [-0.3, -0.25) is 4.90 Å². The average Bonchev–Trinajstić information content (AvgIpc) is 3.11. The molecule has 3 rings (SSSR count). The molecule has 0 radical (unpaired) electrons. The lowest BCUT2D eigenvalue weighted by molar-refractivity contribution is -0.0288. The van der Waals surface area contributed by atoms with Gasteiger partial charge in [0.1, 0.15) is 0 Å². The molecule has 0 amide bonds. The molecule has 2 heterocycles. The molecule has 2 N–H and O–H groups in total. The van der Waals surface area contributed by atoms with Crippen LogP contribution in [0.4, 0.5) is 0 Å². The van der Waals surface area contributed by atoms with Gasteiger partial charge in [-0.1, -0.05) is 5.16 Å². The van der Waals surface area contributed by atoms with E-state index in [-0.39, 0.29) is 6.10 Å². The molecule has 0 spiro atoms. The summed E-state index contributed by atoms with van der Waals surface area (Å²) in [5, 5.41) is 4.01. The van der Waals surface area contributed by atoms with Gasteiger partial charge in [-0.25, -0.2) is 0 Å². The van der Waals surface area contributed by atoms with Gasteiger partial charge in [0.05, 0.1) is 19.3 Å². The highest BCUT2D eigenvalue weighted by atomic mass is 16.5. The Bertz CT molecular complexity index is 377. The van der Waals surface area contributed by atoms with Crippen molar-refractivity contribution in [2.75, 3.05) is 26.2 Å². The molecule has 1 saturated heterocycles. The minimum atomic E-state index is 0.134. The van der Waals surface area contributed by atoms with E-state index in [1.54, 1.807) is 0 Å². The molecule has 0 bridgehead atoms. The van der Waals surface area contributed by atoms with Gasteiger partial charge in [-0.05, 0) is 12.8 Å². The Hall–Kier alpha value is -0.980. The summed E-state index contributed by atoms with van der Waals surface area (Å²) in [5.41, 5.74) is 5.61. The quantitative estimate of drug-likeness (QED) is 0.802. The first kappa shape index (κ1) is 11.1. The molecule has 6 heteroatoms. The lowest BCUT2D eigenvalue weighted by atomic mass is 10.2. The summed E-state index contributed by atoms with van der Waals surface area (Å²) in [6, 6.07) is 0. The summed E-state index contributed by atoms with van der Waals surface area (Å²) >= 11 is 0. The second kappa shape index (κ2) is 4.72. The monoisotopic (exact) mass is 238 g/mol. The Kier molecular flexibility index (Phi) is 3.09. The lowest BCUT2D eigenvalue weighted by Crippen LogP contribution is -2.45. The molecular weight excluding hydrogens is 220 g/mol. The zero-order chi connectivity index (χ0) is 11.7. The normalized spacial score (nSPS) is 26.3. The van der Waals surface area contributed by atoms with Crippen molar-refractivity contribution in [1.82, 2.24) is 15.0 Å². The van der Waals surface area contributed by atoms with E-state index in [0.717, 1.165) is 25.5 Å². The van der Waals surface area contributed by atoms with Gasteiger partial charge in [0.25, 0.3) is 0 Å². The highest BCUT2D eigenvalue weighted by molar-refractivity contribution is 5.03. The molecule has 1 atom stereocenters. The number of hydrogen-bond donors (Lipinski definition) is 1. The lowest BCUT2D eigenvalue weighted by Gasteiger charge is -2.31. The van der Waals surface area contributed by atoms with Crippen LogP contribution in [0, 0.1) is 0 Å². The fraction of sp³-hybridized carbons (Fsp3) is 0.818. The van der Waals surface area contributed by atoms with Crippen LogP contribution in [0.3, 0.4) is 0 Å². The second-order valence-electron chi connectivity index (χ2n) is 4.78. The van der Waals surface area contributed by atoms with Gasteiger partial charge < -0.3 is 15.0 Å². The molecule has 2 aliphatic rings. The maximum Gasteiger partial charge on any atom is 0.240 e. The summed E-state index contributed by atoms with van der Waals surface area (Å²) < 4.78 is 10.8. The first-order valence-corrected chi connectivity index (χ1v) is 6.21. The third-order valence-corrected chi connectivity index (χ3v) is 3.27. The summed E-state index contributed by atoms with van der Waals surface area (Å²) in [7, 11) is 0. The number of morpholine rings is 1. The van der Waals surface area contributed by atoms with Gasteiger partial charge >= 0.3 is 0 Å². The predicted molar refractivity (Wildman–Crippen MR) is 60.3 cm³/mol. The van der Waals surface area contributed by atoms with Crippen LogP contribution < -0.4 is 5.73 Å². The minimum Gasteiger partial charge on any atom is -0.374 e. The van der Waals surface area contributed by atoms with Crippen LogP contribution in [0.15, 0.2) is 4.52 Å². The Balaban J connectivity index is 1.57. The number of rotatable bonds is 4. The van der Waals surface area contributed by atoms with Gasteiger partial charge in [0.2, 0.25) is 5.89 Å². The first-order valence-electron chi connectivity index (χ1n) is 6.21. The average molecular weight is 238 g/mol. The van der Waals surface area contributed by atoms with Gasteiger partial charge in [-0.15, -0.1) is 0 Å². The predicted octanol–water partition coefficient (Wildman–Crippen LogP) is 0.107. The van der Waals surface area contributed by atoms with E-state index in [1.807, 2.05) is 0 Å². The van der Waals surface area contributed by atoms with Crippen LogP contribution in [0.5, 0.6) is 0 Å². The maximum atomic E-state index is 5.61. The van der Waals surface area contributed by atoms with Crippen molar-refractivity contribution in [3.8, 4) is 0 Å². The SMILES string of the molecule is NCC1CN(Cc2nc(C3CC3)no2)CCO1. The molecule has 1 aromatic rings. The van der Waals surface area contributed by atoms with Gasteiger partial charge in [-0.2, -0.15) is 4.98 Å². The van der Waals surface area contributed by atoms with Crippen molar-refractivity contribution in [1.29, 1.82) is 0 Å². The fourth-order valence-electron chi connectivity index (χ4n) is 2.10. The zero-order valence-electron chi connectivity index (χ0n) is 9.84. The molecular formula is C11H18N4O2. The molecule has 1 aliphatic carbocycles. The van der Waals surface area contributed by atoms with Crippen LogP contribution in [0.1, 0.15) is 30.5 Å². The van der Waals surface area contributed by atoms with Crippen molar-refractivity contribution < 1.29 is 9.26 Å². The van der Waals surface area contributed by atoms with E-state index in [1.165, 1.54) is 12.8 Å². The van der Waals surface area contributed by atoms with Crippen molar-refractivity contribution >= 4 is 0 Å². The van der Waals surface area contributed by atoms with Gasteiger partial charge in [0, 0.05) is 25.6 Å². The van der Waals surface area contributed by atoms with E-state index >= 15 is 0 Å². The van der Waals surface area contributed by atoms with Crippen LogP contribution in [-0.2, 0) is 11.3 Å². The van der Waals surface area contributed by atoms with Crippen LogP contribution in [0.25, 0.3) is 0 Å². The van der Waals surface area contributed by atoms with Crippen molar-refractivity contribution in [2.45, 2.75) is 31.4 Å². The number of ether oxygens (including phenoxy) is 1. The molecule has 0 aromatic carbocycles. The van der Waals surface area contributed by atoms with Crippen molar-refractivity contribution in [3.63, 3.8) is 0 Å². The fourth-order valence-corrected chi connectivity index (χ4v) is 2.10. The van der Waals surface area contributed by atoms with E-state index in [4.69, 9.17) is 15.0 Å². The van der Waals surface area contributed by atoms with E-state index < -0.39 is 0 Å². The topological polar surface area (TPSA) is 77.4 Å². The number of aromatic nitrogens is 2. The number of nitrogens with zero attached hydrogens (tertiary/aromatic N) is 3. The molecule has 1 aromatic heterocycles. The molecule has 17 heavy (non-hydrogen) atoms. The van der Waals surface area contributed by atoms with Crippen LogP contribution >= 0.6 is 0 Å². The minimum absolute atomic E-state index is 0.134. The molecule has 6 nitrogen and oxygen atoms in total. The summed E-state index contributed by atoms with van der Waals surface area (Å²) in [5.74, 6) is 2.14. The van der Waals surface area contributed by atoms with Crippen LogP contribution in [-0.4, -0.2) is 47.4 Å². The Morgan fingerprint density at radius 1 is 1.41 bits per heavy atom. The second-order valence-corrected chi connectivity index (χ2v) is 4.78. The van der Waals surface area contributed by atoms with Gasteiger partial charge in [0.15, 0.2) is 5.82 Å². The zero-order valence-corrected chi connectivity index (χ0v) is 9.84. The molecule has 94 valence electrons. The Morgan fingerprint density at radius 2 is 2.29 bits per heavy atom. The molecule has 1 unspecified atom stereocenters. The Morgan fingerprint density at radius 3 is 3.06 bits per heavy atom. The maximum absolute atomic E-state index is 5.61.